The molecule has 0 atom stereocenters. The van der Waals surface area contributed by atoms with Crippen LogP contribution in [0.4, 0.5) is 4.39 Å². The van der Waals surface area contributed by atoms with Gasteiger partial charge in [-0.2, -0.15) is 0 Å². The summed E-state index contributed by atoms with van der Waals surface area (Å²) in [5.74, 6) is 0.913. The molecule has 32 heavy (non-hydrogen) atoms. The highest BCUT2D eigenvalue weighted by molar-refractivity contribution is 5.89. The lowest BCUT2D eigenvalue weighted by atomic mass is 9.82. The minimum Gasteiger partial charge on any atom is -0.441 e. The maximum atomic E-state index is 15.4. The minimum atomic E-state index is -0.776. The van der Waals surface area contributed by atoms with Crippen LogP contribution in [0.5, 0.6) is 5.75 Å². The summed E-state index contributed by atoms with van der Waals surface area (Å²) in [5.41, 5.74) is 2.66. The summed E-state index contributed by atoms with van der Waals surface area (Å²) in [4.78, 5) is 0. The maximum absolute atomic E-state index is 15.4. The molecule has 0 unspecified atom stereocenters. The second kappa shape index (κ2) is 10.4. The van der Waals surface area contributed by atoms with Gasteiger partial charge in [0.1, 0.15) is 11.6 Å². The predicted molar refractivity (Wildman–Crippen MR) is 124 cm³/mol. The monoisotopic (exact) mass is 438 g/mol. The third-order valence-corrected chi connectivity index (χ3v) is 6.31. The van der Waals surface area contributed by atoms with Crippen LogP contribution in [-0.2, 0) is 14.2 Å². The first-order valence-electron chi connectivity index (χ1n) is 11.3. The lowest BCUT2D eigenvalue weighted by Crippen LogP contribution is -2.20. The van der Waals surface area contributed by atoms with E-state index in [2.05, 4.69) is 19.1 Å². The summed E-state index contributed by atoms with van der Waals surface area (Å²) < 4.78 is 36.8. The number of ether oxygens (including phenoxy) is 4. The Morgan fingerprint density at radius 3 is 2.28 bits per heavy atom. The van der Waals surface area contributed by atoms with Gasteiger partial charge in [0, 0.05) is 31.8 Å². The van der Waals surface area contributed by atoms with E-state index in [-0.39, 0.29) is 5.82 Å². The van der Waals surface area contributed by atoms with Crippen molar-refractivity contribution in [3.05, 3.63) is 66.0 Å². The highest BCUT2D eigenvalue weighted by atomic mass is 19.1. The van der Waals surface area contributed by atoms with Crippen LogP contribution in [0.25, 0.3) is 21.9 Å². The van der Waals surface area contributed by atoms with E-state index in [1.54, 1.807) is 12.1 Å². The molecule has 3 aromatic rings. The van der Waals surface area contributed by atoms with Crippen molar-refractivity contribution in [3.8, 4) is 16.9 Å². The van der Waals surface area contributed by atoms with E-state index in [0.29, 0.717) is 28.7 Å². The molecule has 4 rings (SSSR count). The Hall–Kier alpha value is -2.47. The normalized spacial score (nSPS) is 18.9. The number of hydrogen-bond acceptors (Lipinski definition) is 4. The molecule has 1 fully saturated rings. The SMILES string of the molecule is CCOC1CCC(c2ccc3c(F)c(-c4ccc(OC(OC)OC)cc4)ccc3c2)CC1. The van der Waals surface area contributed by atoms with Crippen molar-refractivity contribution >= 4 is 10.8 Å². The zero-order chi connectivity index (χ0) is 22.5. The number of benzene rings is 3. The van der Waals surface area contributed by atoms with Crippen molar-refractivity contribution in [3.63, 3.8) is 0 Å². The molecular weight excluding hydrogens is 407 g/mol. The molecule has 0 heterocycles. The first-order chi connectivity index (χ1) is 15.6. The lowest BCUT2D eigenvalue weighted by Gasteiger charge is -2.28. The van der Waals surface area contributed by atoms with Crippen molar-refractivity contribution in [2.45, 2.75) is 51.1 Å². The Morgan fingerprint density at radius 2 is 1.62 bits per heavy atom. The summed E-state index contributed by atoms with van der Waals surface area (Å²) in [5, 5.41) is 1.59. The summed E-state index contributed by atoms with van der Waals surface area (Å²) in [6.07, 6.45) is 4.83. The van der Waals surface area contributed by atoms with Gasteiger partial charge in [-0.3, -0.25) is 0 Å². The Balaban J connectivity index is 1.53. The summed E-state index contributed by atoms with van der Waals surface area (Å²) in [7, 11) is 3.01. The molecule has 0 bridgehead atoms. The molecule has 0 saturated heterocycles. The van der Waals surface area contributed by atoms with Crippen molar-refractivity contribution < 1.29 is 23.3 Å². The van der Waals surface area contributed by atoms with Crippen molar-refractivity contribution in [1.29, 1.82) is 0 Å². The van der Waals surface area contributed by atoms with Crippen LogP contribution >= 0.6 is 0 Å². The van der Waals surface area contributed by atoms with Gasteiger partial charge in [-0.05, 0) is 67.2 Å². The van der Waals surface area contributed by atoms with Gasteiger partial charge in [-0.1, -0.05) is 42.5 Å². The number of halogens is 1. The van der Waals surface area contributed by atoms with Crippen molar-refractivity contribution in [2.24, 2.45) is 0 Å². The Kier molecular flexibility index (Phi) is 7.40. The number of methoxy groups -OCH3 is 2. The van der Waals surface area contributed by atoms with Crippen LogP contribution in [0, 0.1) is 5.82 Å². The fourth-order valence-electron chi connectivity index (χ4n) is 4.60. The Morgan fingerprint density at radius 1 is 0.906 bits per heavy atom. The average Bonchev–Trinajstić information content (AvgIpc) is 2.84. The van der Waals surface area contributed by atoms with Crippen LogP contribution in [0.1, 0.15) is 44.1 Å². The fourth-order valence-corrected chi connectivity index (χ4v) is 4.60. The largest absolute Gasteiger partial charge is 0.441 e. The van der Waals surface area contributed by atoms with E-state index in [1.807, 2.05) is 30.3 Å². The van der Waals surface area contributed by atoms with Gasteiger partial charge in [0.05, 0.1) is 6.10 Å². The molecule has 1 aliphatic rings. The fraction of sp³-hybridized carbons (Fsp3) is 0.407. The molecule has 1 saturated carbocycles. The smallest absolute Gasteiger partial charge is 0.315 e. The molecule has 0 amide bonds. The van der Waals surface area contributed by atoms with Gasteiger partial charge in [-0.15, -0.1) is 0 Å². The van der Waals surface area contributed by atoms with Crippen LogP contribution in [0.2, 0.25) is 0 Å². The minimum absolute atomic E-state index is 0.200. The van der Waals surface area contributed by atoms with E-state index >= 15 is 4.39 Å². The molecule has 0 spiro atoms. The van der Waals surface area contributed by atoms with Gasteiger partial charge < -0.3 is 18.9 Å². The first kappa shape index (κ1) is 22.7. The predicted octanol–water partition coefficient (Wildman–Crippen LogP) is 6.66. The molecule has 0 N–H and O–H groups in total. The molecule has 4 nitrogen and oxygen atoms in total. The van der Waals surface area contributed by atoms with E-state index < -0.39 is 6.48 Å². The van der Waals surface area contributed by atoms with Gasteiger partial charge in [0.15, 0.2) is 0 Å². The topological polar surface area (TPSA) is 36.9 Å². The van der Waals surface area contributed by atoms with Crippen molar-refractivity contribution in [1.82, 2.24) is 0 Å². The Labute approximate surface area is 189 Å². The molecule has 0 radical (unpaired) electrons. The first-order valence-corrected chi connectivity index (χ1v) is 11.3. The van der Waals surface area contributed by atoms with Gasteiger partial charge in [0.25, 0.3) is 0 Å². The third kappa shape index (κ3) is 4.96. The van der Waals surface area contributed by atoms with Crippen LogP contribution < -0.4 is 4.74 Å². The van der Waals surface area contributed by atoms with E-state index in [4.69, 9.17) is 18.9 Å². The van der Waals surface area contributed by atoms with Crippen LogP contribution in [0.15, 0.2) is 54.6 Å². The van der Waals surface area contributed by atoms with Gasteiger partial charge in [0.2, 0.25) is 0 Å². The third-order valence-electron chi connectivity index (χ3n) is 6.31. The molecule has 1 aliphatic carbocycles. The zero-order valence-electron chi connectivity index (χ0n) is 19.0. The molecule has 0 aliphatic heterocycles. The van der Waals surface area contributed by atoms with Crippen LogP contribution in [-0.4, -0.2) is 33.4 Å². The lowest BCUT2D eigenvalue weighted by molar-refractivity contribution is -0.219. The number of hydrogen-bond donors (Lipinski definition) is 0. The standard InChI is InChI=1S/C27H31FO4/c1-4-31-22-11-5-18(6-12-22)20-9-15-25-21(17-20)10-16-24(26(25)28)19-7-13-23(14-8-19)32-27(29-2)30-3/h7-10,13-18,22,27H,4-6,11-12H2,1-3H3. The van der Waals surface area contributed by atoms with E-state index in [1.165, 1.54) is 19.8 Å². The molecule has 170 valence electrons. The van der Waals surface area contributed by atoms with Gasteiger partial charge >= 0.3 is 6.48 Å². The van der Waals surface area contributed by atoms with Crippen LogP contribution in [0.3, 0.4) is 0 Å². The highest BCUT2D eigenvalue weighted by Crippen LogP contribution is 2.37. The molecule has 5 heteroatoms. The summed E-state index contributed by atoms with van der Waals surface area (Å²) in [6, 6.07) is 17.3. The average molecular weight is 439 g/mol. The quantitative estimate of drug-likeness (QED) is 0.368. The maximum Gasteiger partial charge on any atom is 0.315 e. The molecular formula is C27H31FO4. The second-order valence-electron chi connectivity index (χ2n) is 8.24. The summed E-state index contributed by atoms with van der Waals surface area (Å²) >= 11 is 0. The van der Waals surface area contributed by atoms with Crippen molar-refractivity contribution in [2.75, 3.05) is 20.8 Å². The summed E-state index contributed by atoms with van der Waals surface area (Å²) in [6.45, 7) is 2.06. The number of rotatable bonds is 8. The molecule has 0 aromatic heterocycles. The Bertz CT molecular complexity index is 1020. The van der Waals surface area contributed by atoms with E-state index in [9.17, 15) is 0 Å². The number of fused-ring (bicyclic) bond motifs is 1. The molecule has 3 aromatic carbocycles. The highest BCUT2D eigenvalue weighted by Gasteiger charge is 2.23. The van der Waals surface area contributed by atoms with E-state index in [0.717, 1.165) is 43.2 Å². The second-order valence-corrected chi connectivity index (χ2v) is 8.24. The zero-order valence-corrected chi connectivity index (χ0v) is 19.0. The van der Waals surface area contributed by atoms with Gasteiger partial charge in [-0.25, -0.2) is 4.39 Å².